The first-order chi connectivity index (χ1) is 9.24. The molecule has 1 atom stereocenters. The standard InChI is InChI=1S/C16H22N2O/c1-12-4-2-5-13(10-12)11-18(14-7-8-14)16(19)15-6-3-9-17-15/h2,4-5,10,14-15,17H,3,6-9,11H2,1H3/t15-/m0/s1. The molecule has 0 aromatic heterocycles. The Kier molecular flexibility index (Phi) is 3.56. The zero-order valence-electron chi connectivity index (χ0n) is 11.6. The molecule has 1 N–H and O–H groups in total. The van der Waals surface area contributed by atoms with Crippen molar-refractivity contribution in [1.29, 1.82) is 0 Å². The first-order valence-electron chi connectivity index (χ1n) is 7.33. The van der Waals surface area contributed by atoms with Crippen LogP contribution in [0.5, 0.6) is 0 Å². The van der Waals surface area contributed by atoms with Gasteiger partial charge in [0.1, 0.15) is 0 Å². The van der Waals surface area contributed by atoms with Crippen LogP contribution < -0.4 is 5.32 Å². The van der Waals surface area contributed by atoms with Crippen molar-refractivity contribution in [3.8, 4) is 0 Å². The van der Waals surface area contributed by atoms with Gasteiger partial charge in [0, 0.05) is 12.6 Å². The molecule has 1 amide bonds. The van der Waals surface area contributed by atoms with Crippen LogP contribution in [-0.4, -0.2) is 29.4 Å². The Bertz CT molecular complexity index is 462. The second-order valence-corrected chi connectivity index (χ2v) is 5.84. The van der Waals surface area contributed by atoms with E-state index in [-0.39, 0.29) is 6.04 Å². The highest BCUT2D eigenvalue weighted by Gasteiger charge is 2.36. The van der Waals surface area contributed by atoms with Gasteiger partial charge in [-0.25, -0.2) is 0 Å². The van der Waals surface area contributed by atoms with Crippen molar-refractivity contribution in [2.45, 2.75) is 51.2 Å². The summed E-state index contributed by atoms with van der Waals surface area (Å²) in [4.78, 5) is 14.7. The Morgan fingerprint density at radius 1 is 1.37 bits per heavy atom. The summed E-state index contributed by atoms with van der Waals surface area (Å²) in [6, 6.07) is 9.03. The smallest absolute Gasteiger partial charge is 0.240 e. The first kappa shape index (κ1) is 12.7. The van der Waals surface area contributed by atoms with Crippen molar-refractivity contribution in [1.82, 2.24) is 10.2 Å². The summed E-state index contributed by atoms with van der Waals surface area (Å²) in [5, 5.41) is 3.33. The van der Waals surface area contributed by atoms with E-state index < -0.39 is 0 Å². The topological polar surface area (TPSA) is 32.3 Å². The highest BCUT2D eigenvalue weighted by Crippen LogP contribution is 2.29. The third-order valence-electron chi connectivity index (χ3n) is 4.06. The molecule has 19 heavy (non-hydrogen) atoms. The molecule has 1 aliphatic carbocycles. The van der Waals surface area contributed by atoms with Gasteiger partial charge in [-0.05, 0) is 44.7 Å². The number of benzene rings is 1. The van der Waals surface area contributed by atoms with Gasteiger partial charge in [-0.1, -0.05) is 29.8 Å². The number of hydrogen-bond donors (Lipinski definition) is 1. The van der Waals surface area contributed by atoms with E-state index in [0.717, 1.165) is 25.9 Å². The summed E-state index contributed by atoms with van der Waals surface area (Å²) < 4.78 is 0. The molecule has 1 saturated carbocycles. The van der Waals surface area contributed by atoms with Gasteiger partial charge in [-0.15, -0.1) is 0 Å². The van der Waals surface area contributed by atoms with Crippen LogP contribution in [0, 0.1) is 6.92 Å². The maximum atomic E-state index is 12.6. The number of carbonyl (C=O) groups is 1. The zero-order valence-corrected chi connectivity index (χ0v) is 11.6. The fourth-order valence-corrected chi connectivity index (χ4v) is 2.88. The SMILES string of the molecule is Cc1cccc(CN(C(=O)[C@@H]2CCCN2)C2CC2)c1. The van der Waals surface area contributed by atoms with E-state index in [1.165, 1.54) is 24.0 Å². The molecular weight excluding hydrogens is 236 g/mol. The minimum absolute atomic E-state index is 0.0606. The van der Waals surface area contributed by atoms with Crippen molar-refractivity contribution in [3.05, 3.63) is 35.4 Å². The van der Waals surface area contributed by atoms with Crippen LogP contribution in [0.2, 0.25) is 0 Å². The summed E-state index contributed by atoms with van der Waals surface area (Å²) in [6.45, 7) is 3.86. The predicted molar refractivity (Wildman–Crippen MR) is 75.8 cm³/mol. The van der Waals surface area contributed by atoms with Crippen LogP contribution >= 0.6 is 0 Å². The van der Waals surface area contributed by atoms with Gasteiger partial charge in [-0.2, -0.15) is 0 Å². The van der Waals surface area contributed by atoms with Gasteiger partial charge in [0.05, 0.1) is 6.04 Å². The van der Waals surface area contributed by atoms with Gasteiger partial charge >= 0.3 is 0 Å². The number of nitrogens with zero attached hydrogens (tertiary/aromatic N) is 1. The lowest BCUT2D eigenvalue weighted by Crippen LogP contribution is -2.44. The van der Waals surface area contributed by atoms with E-state index in [2.05, 4.69) is 41.4 Å². The molecule has 0 unspecified atom stereocenters. The molecule has 0 spiro atoms. The lowest BCUT2D eigenvalue weighted by molar-refractivity contribution is -0.134. The van der Waals surface area contributed by atoms with Gasteiger partial charge in [-0.3, -0.25) is 4.79 Å². The number of carbonyl (C=O) groups excluding carboxylic acids is 1. The molecule has 0 radical (unpaired) electrons. The fourth-order valence-electron chi connectivity index (χ4n) is 2.88. The Balaban J connectivity index is 1.72. The number of amides is 1. The first-order valence-corrected chi connectivity index (χ1v) is 7.33. The lowest BCUT2D eigenvalue weighted by atomic mass is 10.1. The van der Waals surface area contributed by atoms with E-state index >= 15 is 0 Å². The Labute approximate surface area is 115 Å². The van der Waals surface area contributed by atoms with Crippen LogP contribution in [-0.2, 0) is 11.3 Å². The molecule has 1 heterocycles. The number of nitrogens with one attached hydrogen (secondary N) is 1. The van der Waals surface area contributed by atoms with E-state index in [4.69, 9.17) is 0 Å². The predicted octanol–water partition coefficient (Wildman–Crippen LogP) is 2.24. The summed E-state index contributed by atoms with van der Waals surface area (Å²) in [7, 11) is 0. The maximum absolute atomic E-state index is 12.6. The van der Waals surface area contributed by atoms with Crippen molar-refractivity contribution >= 4 is 5.91 Å². The minimum atomic E-state index is 0.0606. The summed E-state index contributed by atoms with van der Waals surface area (Å²) >= 11 is 0. The molecule has 2 fully saturated rings. The van der Waals surface area contributed by atoms with Crippen molar-refractivity contribution in [2.75, 3.05) is 6.54 Å². The molecule has 102 valence electrons. The van der Waals surface area contributed by atoms with E-state index in [1.807, 2.05) is 0 Å². The highest BCUT2D eigenvalue weighted by atomic mass is 16.2. The third kappa shape index (κ3) is 2.98. The average molecular weight is 258 g/mol. The Morgan fingerprint density at radius 3 is 2.84 bits per heavy atom. The fraction of sp³-hybridized carbons (Fsp3) is 0.562. The second-order valence-electron chi connectivity index (χ2n) is 5.84. The highest BCUT2D eigenvalue weighted by molar-refractivity contribution is 5.82. The van der Waals surface area contributed by atoms with Gasteiger partial charge in [0.15, 0.2) is 0 Å². The quantitative estimate of drug-likeness (QED) is 0.898. The molecule has 1 saturated heterocycles. The number of rotatable bonds is 4. The van der Waals surface area contributed by atoms with Crippen LogP contribution in [0.3, 0.4) is 0 Å². The summed E-state index contributed by atoms with van der Waals surface area (Å²) in [5.74, 6) is 0.307. The van der Waals surface area contributed by atoms with E-state index in [0.29, 0.717) is 11.9 Å². The van der Waals surface area contributed by atoms with Crippen LogP contribution in [0.1, 0.15) is 36.8 Å². The molecule has 1 aromatic carbocycles. The molecule has 0 bridgehead atoms. The van der Waals surface area contributed by atoms with E-state index in [9.17, 15) is 4.79 Å². The van der Waals surface area contributed by atoms with Gasteiger partial charge in [0.25, 0.3) is 0 Å². The molecule has 3 rings (SSSR count). The van der Waals surface area contributed by atoms with Crippen molar-refractivity contribution in [3.63, 3.8) is 0 Å². The molecular formula is C16H22N2O. The minimum Gasteiger partial charge on any atom is -0.334 e. The number of aryl methyl sites for hydroxylation is 1. The molecule has 3 heteroatoms. The average Bonchev–Trinajstić information content (AvgIpc) is 3.09. The summed E-state index contributed by atoms with van der Waals surface area (Å²) in [6.07, 6.45) is 4.46. The zero-order chi connectivity index (χ0) is 13.2. The van der Waals surface area contributed by atoms with Gasteiger partial charge in [0.2, 0.25) is 5.91 Å². The van der Waals surface area contributed by atoms with Crippen LogP contribution in [0.15, 0.2) is 24.3 Å². The second kappa shape index (κ2) is 5.33. The van der Waals surface area contributed by atoms with Gasteiger partial charge < -0.3 is 10.2 Å². The van der Waals surface area contributed by atoms with Crippen molar-refractivity contribution in [2.24, 2.45) is 0 Å². The Hall–Kier alpha value is -1.35. The monoisotopic (exact) mass is 258 g/mol. The Morgan fingerprint density at radius 2 is 2.21 bits per heavy atom. The van der Waals surface area contributed by atoms with Crippen LogP contribution in [0.25, 0.3) is 0 Å². The normalized spacial score (nSPS) is 22.5. The lowest BCUT2D eigenvalue weighted by Gasteiger charge is -2.26. The van der Waals surface area contributed by atoms with Crippen LogP contribution in [0.4, 0.5) is 0 Å². The molecule has 1 aliphatic heterocycles. The largest absolute Gasteiger partial charge is 0.334 e. The third-order valence-corrected chi connectivity index (χ3v) is 4.06. The maximum Gasteiger partial charge on any atom is 0.240 e. The number of hydrogen-bond acceptors (Lipinski definition) is 2. The van der Waals surface area contributed by atoms with Crippen molar-refractivity contribution < 1.29 is 4.79 Å². The molecule has 2 aliphatic rings. The summed E-state index contributed by atoms with van der Waals surface area (Å²) in [5.41, 5.74) is 2.51. The van der Waals surface area contributed by atoms with E-state index in [1.54, 1.807) is 0 Å². The molecule has 1 aromatic rings. The molecule has 3 nitrogen and oxygen atoms in total.